The number of nitrogens with zero attached hydrogens (tertiary/aromatic N) is 3. The molecule has 3 aromatic rings. The van der Waals surface area contributed by atoms with Crippen molar-refractivity contribution in [3.8, 4) is 11.5 Å². The lowest BCUT2D eigenvalue weighted by Gasteiger charge is -2.50. The Morgan fingerprint density at radius 2 is 1.82 bits per heavy atom. The fourth-order valence-corrected chi connectivity index (χ4v) is 6.20. The minimum Gasteiger partial charge on any atom is -0.493 e. The van der Waals surface area contributed by atoms with Crippen LogP contribution in [0.2, 0.25) is 0 Å². The Kier molecular flexibility index (Phi) is 6.13. The second-order valence-electron chi connectivity index (χ2n) is 10.9. The topological polar surface area (TPSA) is 74.3 Å². The SMILES string of the molecule is COc1cccc2c1OC1(C)CC2NC(=O)N1c1cccc(C(=O)N2CCN(c3cccc(C)c3)C(C)C2)c1. The first kappa shape index (κ1) is 25.1. The van der Waals surface area contributed by atoms with Gasteiger partial charge < -0.3 is 24.6 Å². The Morgan fingerprint density at radius 3 is 2.59 bits per heavy atom. The highest BCUT2D eigenvalue weighted by molar-refractivity contribution is 5.99. The molecule has 202 valence electrons. The second kappa shape index (κ2) is 9.52. The zero-order valence-electron chi connectivity index (χ0n) is 22.8. The van der Waals surface area contributed by atoms with E-state index in [4.69, 9.17) is 9.47 Å². The van der Waals surface area contributed by atoms with E-state index in [1.165, 1.54) is 11.3 Å². The number of methoxy groups -OCH3 is 1. The zero-order chi connectivity index (χ0) is 27.3. The summed E-state index contributed by atoms with van der Waals surface area (Å²) in [5.41, 5.74) is 3.54. The summed E-state index contributed by atoms with van der Waals surface area (Å²) in [4.78, 5) is 32.9. The van der Waals surface area contributed by atoms with Crippen LogP contribution >= 0.6 is 0 Å². The third kappa shape index (κ3) is 4.33. The Hall–Kier alpha value is -4.20. The Labute approximate surface area is 229 Å². The van der Waals surface area contributed by atoms with Crippen LogP contribution in [0, 0.1) is 6.92 Å². The number of piperazine rings is 1. The van der Waals surface area contributed by atoms with Crippen LogP contribution in [-0.2, 0) is 0 Å². The van der Waals surface area contributed by atoms with E-state index < -0.39 is 5.72 Å². The number of hydrogen-bond acceptors (Lipinski definition) is 5. The summed E-state index contributed by atoms with van der Waals surface area (Å²) in [5, 5.41) is 3.12. The van der Waals surface area contributed by atoms with Gasteiger partial charge in [-0.2, -0.15) is 0 Å². The van der Waals surface area contributed by atoms with Crippen molar-refractivity contribution in [1.82, 2.24) is 10.2 Å². The number of benzene rings is 3. The van der Waals surface area contributed by atoms with Gasteiger partial charge in [0.1, 0.15) is 0 Å². The maximum atomic E-state index is 13.6. The van der Waals surface area contributed by atoms with Crippen LogP contribution in [0.15, 0.2) is 66.7 Å². The maximum Gasteiger partial charge on any atom is 0.325 e. The molecule has 6 rings (SSSR count). The van der Waals surface area contributed by atoms with Crippen LogP contribution in [0.25, 0.3) is 0 Å². The molecule has 0 spiro atoms. The number of para-hydroxylation sites is 1. The normalized spacial score (nSPS) is 24.0. The summed E-state index contributed by atoms with van der Waals surface area (Å²) in [7, 11) is 1.61. The first-order valence-electron chi connectivity index (χ1n) is 13.5. The summed E-state index contributed by atoms with van der Waals surface area (Å²) >= 11 is 0. The lowest BCUT2D eigenvalue weighted by atomic mass is 9.89. The van der Waals surface area contributed by atoms with Gasteiger partial charge in [-0.15, -0.1) is 0 Å². The number of rotatable bonds is 4. The Bertz CT molecular complexity index is 1440. The molecule has 3 atom stereocenters. The first-order valence-corrected chi connectivity index (χ1v) is 13.5. The van der Waals surface area contributed by atoms with Gasteiger partial charge in [0.05, 0.1) is 18.8 Å². The van der Waals surface area contributed by atoms with E-state index in [1.54, 1.807) is 18.1 Å². The van der Waals surface area contributed by atoms with E-state index in [-0.39, 0.29) is 24.0 Å². The molecule has 0 radical (unpaired) electrons. The van der Waals surface area contributed by atoms with Gasteiger partial charge >= 0.3 is 6.03 Å². The number of anilines is 2. The Balaban J connectivity index is 1.24. The number of hydrogen-bond donors (Lipinski definition) is 1. The monoisotopic (exact) mass is 526 g/mol. The van der Waals surface area contributed by atoms with E-state index in [0.29, 0.717) is 42.3 Å². The molecular formula is C31H34N4O4. The molecule has 8 heteroatoms. The molecule has 1 N–H and O–H groups in total. The third-order valence-electron chi connectivity index (χ3n) is 8.08. The minimum atomic E-state index is -0.940. The highest BCUT2D eigenvalue weighted by atomic mass is 16.5. The summed E-state index contributed by atoms with van der Waals surface area (Å²) in [6.45, 7) is 8.18. The first-order chi connectivity index (χ1) is 18.8. The van der Waals surface area contributed by atoms with Crippen LogP contribution in [0.3, 0.4) is 0 Å². The molecule has 39 heavy (non-hydrogen) atoms. The van der Waals surface area contributed by atoms with Gasteiger partial charge in [-0.05, 0) is 62.7 Å². The van der Waals surface area contributed by atoms with E-state index in [0.717, 1.165) is 12.1 Å². The lowest BCUT2D eigenvalue weighted by molar-refractivity contribution is 0.0349. The van der Waals surface area contributed by atoms with Crippen LogP contribution in [0.5, 0.6) is 11.5 Å². The van der Waals surface area contributed by atoms with Crippen molar-refractivity contribution in [1.29, 1.82) is 0 Å². The van der Waals surface area contributed by atoms with Crippen molar-refractivity contribution < 1.29 is 19.1 Å². The number of nitrogens with one attached hydrogen (secondary N) is 1. The number of ether oxygens (including phenoxy) is 2. The van der Waals surface area contributed by atoms with Crippen molar-refractivity contribution in [3.63, 3.8) is 0 Å². The molecule has 3 aromatic carbocycles. The fraction of sp³-hybridized carbons (Fsp3) is 0.355. The molecule has 3 aliphatic heterocycles. The van der Waals surface area contributed by atoms with Crippen molar-refractivity contribution in [2.45, 2.75) is 45.0 Å². The largest absolute Gasteiger partial charge is 0.493 e. The summed E-state index contributed by atoms with van der Waals surface area (Å²) < 4.78 is 12.0. The molecule has 3 aliphatic rings. The molecule has 2 fully saturated rings. The molecular weight excluding hydrogens is 492 g/mol. The number of amides is 3. The molecule has 3 amide bonds. The average Bonchev–Trinajstić information content (AvgIpc) is 2.92. The van der Waals surface area contributed by atoms with Crippen LogP contribution in [-0.4, -0.2) is 55.3 Å². The second-order valence-corrected chi connectivity index (χ2v) is 10.9. The van der Waals surface area contributed by atoms with E-state index in [1.807, 2.05) is 48.2 Å². The van der Waals surface area contributed by atoms with Crippen LogP contribution in [0.1, 0.15) is 47.8 Å². The van der Waals surface area contributed by atoms with Crippen LogP contribution < -0.4 is 24.6 Å². The molecule has 0 saturated carbocycles. The molecule has 0 aromatic heterocycles. The summed E-state index contributed by atoms with van der Waals surface area (Å²) in [6.07, 6.45) is 0.565. The average molecular weight is 527 g/mol. The summed E-state index contributed by atoms with van der Waals surface area (Å²) in [5.74, 6) is 1.23. The Morgan fingerprint density at radius 1 is 1.05 bits per heavy atom. The van der Waals surface area contributed by atoms with E-state index in [9.17, 15) is 9.59 Å². The zero-order valence-corrected chi connectivity index (χ0v) is 22.8. The number of carbonyl (C=O) groups is 2. The molecule has 8 nitrogen and oxygen atoms in total. The molecule has 0 aliphatic carbocycles. The van der Waals surface area contributed by atoms with Crippen molar-refractivity contribution >= 4 is 23.3 Å². The van der Waals surface area contributed by atoms with Gasteiger partial charge in [0.25, 0.3) is 5.91 Å². The van der Waals surface area contributed by atoms with Crippen molar-refractivity contribution in [3.05, 3.63) is 83.4 Å². The fourth-order valence-electron chi connectivity index (χ4n) is 6.20. The van der Waals surface area contributed by atoms with Gasteiger partial charge in [0, 0.05) is 48.9 Å². The van der Waals surface area contributed by atoms with Gasteiger partial charge in [-0.3, -0.25) is 9.69 Å². The van der Waals surface area contributed by atoms with Crippen molar-refractivity contribution in [2.24, 2.45) is 0 Å². The summed E-state index contributed by atoms with van der Waals surface area (Å²) in [6, 6.07) is 21.2. The number of carbonyl (C=O) groups excluding carboxylic acids is 2. The van der Waals surface area contributed by atoms with E-state index >= 15 is 0 Å². The third-order valence-corrected chi connectivity index (χ3v) is 8.08. The standard InChI is InChI=1S/C31H34N4O4/c1-20-8-5-10-23(16-20)34-15-14-33(19-21(34)2)29(36)22-9-6-11-24(17-22)35-30(37)32-26-18-31(35,3)39-28-25(26)12-7-13-27(28)38-4/h5-13,16-17,21,26H,14-15,18-19H2,1-4H3,(H,32,37). The molecule has 2 bridgehead atoms. The van der Waals surface area contributed by atoms with Gasteiger partial charge in [-0.1, -0.05) is 30.3 Å². The molecule has 2 saturated heterocycles. The van der Waals surface area contributed by atoms with Gasteiger partial charge in [-0.25, -0.2) is 4.79 Å². The number of fused-ring (bicyclic) bond motifs is 4. The van der Waals surface area contributed by atoms with Crippen LogP contribution in [0.4, 0.5) is 16.2 Å². The quantitative estimate of drug-likeness (QED) is 0.511. The number of urea groups is 1. The highest BCUT2D eigenvalue weighted by Gasteiger charge is 2.50. The highest BCUT2D eigenvalue weighted by Crippen LogP contribution is 2.49. The number of aryl methyl sites for hydroxylation is 1. The molecule has 3 heterocycles. The molecule has 3 unspecified atom stereocenters. The van der Waals surface area contributed by atoms with Crippen molar-refractivity contribution in [2.75, 3.05) is 36.5 Å². The lowest BCUT2D eigenvalue weighted by Crippen LogP contribution is -2.65. The van der Waals surface area contributed by atoms with Gasteiger partial charge in [0.2, 0.25) is 0 Å². The van der Waals surface area contributed by atoms with E-state index in [2.05, 4.69) is 48.3 Å². The predicted molar refractivity (Wildman–Crippen MR) is 151 cm³/mol. The van der Waals surface area contributed by atoms with Gasteiger partial charge in [0.15, 0.2) is 17.2 Å². The maximum absolute atomic E-state index is 13.6. The predicted octanol–water partition coefficient (Wildman–Crippen LogP) is 5.12. The smallest absolute Gasteiger partial charge is 0.325 e. The minimum absolute atomic E-state index is 0.0374.